The van der Waals surface area contributed by atoms with Crippen molar-refractivity contribution in [3.63, 3.8) is 0 Å². The van der Waals surface area contributed by atoms with Crippen molar-refractivity contribution in [1.29, 1.82) is 0 Å². The Labute approximate surface area is 189 Å². The van der Waals surface area contributed by atoms with Crippen LogP contribution < -0.4 is 11.3 Å². The first-order chi connectivity index (χ1) is 15.5. The molecule has 0 aliphatic carbocycles. The summed E-state index contributed by atoms with van der Waals surface area (Å²) in [6.45, 7) is 0.471. The summed E-state index contributed by atoms with van der Waals surface area (Å²) in [5.74, 6) is -0.168. The summed E-state index contributed by atoms with van der Waals surface area (Å²) in [6, 6.07) is 14.9. The monoisotopic (exact) mass is 448 g/mol. The minimum absolute atomic E-state index is 0.0251. The van der Waals surface area contributed by atoms with E-state index in [1.165, 1.54) is 11.8 Å². The van der Waals surface area contributed by atoms with Gasteiger partial charge in [-0.15, -0.1) is 0 Å². The van der Waals surface area contributed by atoms with Crippen LogP contribution in [0.15, 0.2) is 64.7 Å². The smallest absolute Gasteiger partial charge is 0.262 e. The van der Waals surface area contributed by atoms with Crippen LogP contribution in [0.3, 0.4) is 0 Å². The molecule has 0 radical (unpaired) electrons. The fourth-order valence-corrected chi connectivity index (χ4v) is 4.62. The number of aromatic amines is 1. The van der Waals surface area contributed by atoms with Gasteiger partial charge in [-0.2, -0.15) is 0 Å². The molecule has 164 valence electrons. The van der Waals surface area contributed by atoms with Crippen molar-refractivity contribution in [3.8, 4) is 0 Å². The lowest BCUT2D eigenvalue weighted by molar-refractivity contribution is -0.118. The quantitative estimate of drug-likeness (QED) is 0.165. The highest BCUT2D eigenvalue weighted by Gasteiger charge is 2.16. The summed E-state index contributed by atoms with van der Waals surface area (Å²) < 4.78 is 1.64. The van der Waals surface area contributed by atoms with Gasteiger partial charge in [0.1, 0.15) is 0 Å². The highest BCUT2D eigenvalue weighted by molar-refractivity contribution is 7.99. The molecule has 7 nitrogen and oxygen atoms in total. The number of nitrogens with two attached hydrogens (primary N) is 1. The summed E-state index contributed by atoms with van der Waals surface area (Å²) >= 11 is 1.27. The Bertz CT molecular complexity index is 1340. The lowest BCUT2D eigenvalue weighted by atomic mass is 10.1. The number of carbonyl (C=O) groups excluding carboxylic acids is 2. The number of nitrogens with one attached hydrogen (secondary N) is 1. The van der Waals surface area contributed by atoms with E-state index < -0.39 is 0 Å². The van der Waals surface area contributed by atoms with Gasteiger partial charge in [0.15, 0.2) is 10.9 Å². The molecule has 0 saturated heterocycles. The van der Waals surface area contributed by atoms with Crippen molar-refractivity contribution in [3.05, 3.63) is 70.6 Å². The molecule has 0 aliphatic heterocycles. The summed E-state index contributed by atoms with van der Waals surface area (Å²) in [4.78, 5) is 44.8. The van der Waals surface area contributed by atoms with Gasteiger partial charge in [-0.3, -0.25) is 19.0 Å². The number of fused-ring (bicyclic) bond motifs is 2. The Balaban J connectivity index is 1.55. The second kappa shape index (κ2) is 9.82. The molecule has 0 aliphatic rings. The van der Waals surface area contributed by atoms with Gasteiger partial charge in [0.25, 0.3) is 5.56 Å². The molecular formula is C24H24N4O3S. The average Bonchev–Trinajstić information content (AvgIpc) is 3.23. The number of benzene rings is 2. The van der Waals surface area contributed by atoms with Gasteiger partial charge in [0.05, 0.1) is 16.7 Å². The van der Waals surface area contributed by atoms with Crippen LogP contribution in [0.1, 0.15) is 36.0 Å². The zero-order chi connectivity index (χ0) is 22.5. The van der Waals surface area contributed by atoms with E-state index in [1.54, 1.807) is 22.9 Å². The number of unbranched alkanes of at least 4 members (excludes halogenated alkanes) is 2. The summed E-state index contributed by atoms with van der Waals surface area (Å²) in [5.41, 5.74) is 7.24. The van der Waals surface area contributed by atoms with Crippen LogP contribution >= 0.6 is 11.8 Å². The highest BCUT2D eigenvalue weighted by Crippen LogP contribution is 2.23. The van der Waals surface area contributed by atoms with Crippen LogP contribution in [0, 0.1) is 0 Å². The largest absolute Gasteiger partial charge is 0.370 e. The molecule has 3 N–H and O–H groups in total. The first-order valence-corrected chi connectivity index (χ1v) is 11.5. The number of H-pyrrole nitrogens is 1. The number of hydrogen-bond acceptors (Lipinski definition) is 5. The van der Waals surface area contributed by atoms with Gasteiger partial charge < -0.3 is 10.7 Å². The van der Waals surface area contributed by atoms with Crippen LogP contribution in [0.2, 0.25) is 0 Å². The number of para-hydroxylation sites is 2. The second-order valence-electron chi connectivity index (χ2n) is 7.61. The van der Waals surface area contributed by atoms with Gasteiger partial charge in [-0.05, 0) is 31.0 Å². The number of amides is 1. The van der Waals surface area contributed by atoms with E-state index in [-0.39, 0.29) is 23.0 Å². The zero-order valence-electron chi connectivity index (χ0n) is 17.5. The minimum atomic E-state index is -0.318. The van der Waals surface area contributed by atoms with Gasteiger partial charge >= 0.3 is 0 Å². The van der Waals surface area contributed by atoms with E-state index in [0.717, 1.165) is 23.7 Å². The second-order valence-corrected chi connectivity index (χ2v) is 8.55. The number of nitrogens with zero attached hydrogens (tertiary/aromatic N) is 2. The van der Waals surface area contributed by atoms with E-state index in [0.29, 0.717) is 41.0 Å². The molecule has 8 heteroatoms. The van der Waals surface area contributed by atoms with Crippen molar-refractivity contribution < 1.29 is 9.59 Å². The number of primary amides is 1. The minimum Gasteiger partial charge on any atom is -0.370 e. The lowest BCUT2D eigenvalue weighted by Crippen LogP contribution is -2.24. The number of Topliss-reactive ketones (excluding diaryl/α,β-unsaturated/α-hetero) is 1. The molecule has 2 aromatic carbocycles. The molecule has 2 heterocycles. The molecule has 4 aromatic rings. The molecular weight excluding hydrogens is 424 g/mol. The molecule has 0 fully saturated rings. The third kappa shape index (κ3) is 4.75. The van der Waals surface area contributed by atoms with Crippen LogP contribution in [0.4, 0.5) is 0 Å². The molecule has 0 atom stereocenters. The molecule has 2 aromatic heterocycles. The first-order valence-electron chi connectivity index (χ1n) is 10.5. The molecule has 0 bridgehead atoms. The fourth-order valence-electron chi connectivity index (χ4n) is 3.71. The average molecular weight is 449 g/mol. The first kappa shape index (κ1) is 21.8. The van der Waals surface area contributed by atoms with E-state index in [1.807, 2.05) is 36.4 Å². The highest BCUT2D eigenvalue weighted by atomic mass is 32.2. The molecule has 1 amide bonds. The maximum absolute atomic E-state index is 13.1. The Morgan fingerprint density at radius 2 is 1.75 bits per heavy atom. The standard InChI is InChI=1S/C24H24N4O3S/c25-22(30)12-2-1-7-13-28-23(31)17-9-4-6-11-20(17)27-24(28)32-15-21(29)18-14-26-19-10-5-3-8-16(18)19/h3-6,8-11,14,26H,1-2,7,12-13,15H2,(H2,25,30). The van der Waals surface area contributed by atoms with Gasteiger partial charge in [-0.25, -0.2) is 4.98 Å². The summed E-state index contributed by atoms with van der Waals surface area (Å²) in [5, 5.41) is 1.96. The van der Waals surface area contributed by atoms with Crippen LogP contribution in [0.25, 0.3) is 21.8 Å². The van der Waals surface area contributed by atoms with E-state index in [4.69, 9.17) is 5.73 Å². The third-order valence-corrected chi connectivity index (χ3v) is 6.33. The summed E-state index contributed by atoms with van der Waals surface area (Å²) in [6.07, 6.45) is 4.25. The SMILES string of the molecule is NC(=O)CCCCCn1c(SCC(=O)c2c[nH]c3ccccc23)nc2ccccc2c1=O. The van der Waals surface area contributed by atoms with Crippen molar-refractivity contribution in [2.75, 3.05) is 5.75 Å². The summed E-state index contributed by atoms with van der Waals surface area (Å²) in [7, 11) is 0. The number of carbonyl (C=O) groups is 2. The fraction of sp³-hybridized carbons (Fsp3) is 0.250. The molecule has 0 unspecified atom stereocenters. The predicted molar refractivity (Wildman–Crippen MR) is 127 cm³/mol. The maximum Gasteiger partial charge on any atom is 0.262 e. The van der Waals surface area contributed by atoms with Gasteiger partial charge in [0.2, 0.25) is 5.91 Å². The molecule has 0 spiro atoms. The molecule has 4 rings (SSSR count). The van der Waals surface area contributed by atoms with Crippen LogP contribution in [-0.2, 0) is 11.3 Å². The Kier molecular flexibility index (Phi) is 6.70. The third-order valence-electron chi connectivity index (χ3n) is 5.35. The molecule has 0 saturated carbocycles. The molecule has 32 heavy (non-hydrogen) atoms. The zero-order valence-corrected chi connectivity index (χ0v) is 18.4. The Morgan fingerprint density at radius 3 is 2.56 bits per heavy atom. The number of rotatable bonds is 10. The van der Waals surface area contributed by atoms with E-state index >= 15 is 0 Å². The lowest BCUT2D eigenvalue weighted by Gasteiger charge is -2.13. The van der Waals surface area contributed by atoms with Gasteiger partial charge in [0, 0.05) is 35.6 Å². The van der Waals surface area contributed by atoms with E-state index in [9.17, 15) is 14.4 Å². The number of ketones is 1. The topological polar surface area (TPSA) is 111 Å². The number of hydrogen-bond donors (Lipinski definition) is 2. The van der Waals surface area contributed by atoms with Crippen molar-refractivity contribution >= 4 is 45.3 Å². The Morgan fingerprint density at radius 1 is 1.00 bits per heavy atom. The number of thioether (sulfide) groups is 1. The van der Waals surface area contributed by atoms with Gasteiger partial charge in [-0.1, -0.05) is 48.5 Å². The van der Waals surface area contributed by atoms with Crippen LogP contribution in [0.5, 0.6) is 0 Å². The predicted octanol–water partition coefficient (Wildman–Crippen LogP) is 3.90. The van der Waals surface area contributed by atoms with Crippen molar-refractivity contribution in [2.45, 2.75) is 37.4 Å². The normalized spacial score (nSPS) is 11.2. The number of aromatic nitrogens is 3. The van der Waals surface area contributed by atoms with Crippen LogP contribution in [-0.4, -0.2) is 32.0 Å². The Hall–Kier alpha value is -3.39. The maximum atomic E-state index is 13.1. The van der Waals surface area contributed by atoms with E-state index in [2.05, 4.69) is 9.97 Å². The van der Waals surface area contributed by atoms with Crippen molar-refractivity contribution in [2.24, 2.45) is 5.73 Å². The van der Waals surface area contributed by atoms with Crippen molar-refractivity contribution in [1.82, 2.24) is 14.5 Å².